The second-order valence-corrected chi connectivity index (χ2v) is 10.1. The van der Waals surface area contributed by atoms with Crippen LogP contribution in [0.2, 0.25) is 0 Å². The molecule has 4 aromatic rings. The number of aromatic amines is 1. The second kappa shape index (κ2) is 10.6. The molecule has 0 aliphatic carbocycles. The van der Waals surface area contributed by atoms with Crippen LogP contribution in [0.1, 0.15) is 32.2 Å². The molecule has 0 saturated carbocycles. The van der Waals surface area contributed by atoms with E-state index in [1.165, 1.54) is 10.9 Å². The molecule has 2 aromatic heterocycles. The average molecular weight is 486 g/mol. The quantitative estimate of drug-likeness (QED) is 0.354. The molecule has 2 atom stereocenters. The SMILES string of the molecule is CC(C)[C@@H]1Nc2nc(nc3ccccc23)CNCCN(Cc2c[nH]c3ccccc23)C[C@@H](C)NC1=O. The summed E-state index contributed by atoms with van der Waals surface area (Å²) < 4.78 is 0. The summed E-state index contributed by atoms with van der Waals surface area (Å²) in [4.78, 5) is 28.7. The van der Waals surface area contributed by atoms with Crippen molar-refractivity contribution in [1.82, 2.24) is 30.5 Å². The predicted octanol–water partition coefficient (Wildman–Crippen LogP) is 3.66. The number of nitrogens with zero attached hydrogens (tertiary/aromatic N) is 3. The highest BCUT2D eigenvalue weighted by atomic mass is 16.2. The van der Waals surface area contributed by atoms with Gasteiger partial charge in [-0.1, -0.05) is 44.2 Å². The van der Waals surface area contributed by atoms with Crippen LogP contribution >= 0.6 is 0 Å². The third kappa shape index (κ3) is 5.34. The summed E-state index contributed by atoms with van der Waals surface area (Å²) in [6.07, 6.45) is 2.09. The molecule has 1 aliphatic heterocycles. The average Bonchev–Trinajstić information content (AvgIpc) is 3.26. The summed E-state index contributed by atoms with van der Waals surface area (Å²) in [6, 6.07) is 15.9. The number of amides is 1. The predicted molar refractivity (Wildman–Crippen MR) is 145 cm³/mol. The van der Waals surface area contributed by atoms with E-state index in [-0.39, 0.29) is 17.9 Å². The summed E-state index contributed by atoms with van der Waals surface area (Å²) in [6.45, 7) is 9.93. The number of anilines is 1. The van der Waals surface area contributed by atoms with Crippen LogP contribution in [0.4, 0.5) is 5.82 Å². The Morgan fingerprint density at radius 3 is 2.64 bits per heavy atom. The lowest BCUT2D eigenvalue weighted by Gasteiger charge is -2.29. The summed E-state index contributed by atoms with van der Waals surface area (Å²) in [7, 11) is 0. The van der Waals surface area contributed by atoms with Crippen molar-refractivity contribution in [3.05, 3.63) is 66.1 Å². The fourth-order valence-electron chi connectivity index (χ4n) is 4.94. The second-order valence-electron chi connectivity index (χ2n) is 10.1. The molecule has 8 nitrogen and oxygen atoms in total. The van der Waals surface area contributed by atoms with Crippen LogP contribution in [0.3, 0.4) is 0 Å². The molecule has 0 fully saturated rings. The van der Waals surface area contributed by atoms with Crippen molar-refractivity contribution >= 4 is 33.5 Å². The normalized spacial score (nSPS) is 20.3. The number of carbonyl (C=O) groups is 1. The molecule has 5 rings (SSSR count). The number of benzene rings is 2. The van der Waals surface area contributed by atoms with E-state index in [2.05, 4.69) is 71.0 Å². The van der Waals surface area contributed by atoms with Crippen molar-refractivity contribution in [2.24, 2.45) is 5.92 Å². The molecule has 4 N–H and O–H groups in total. The van der Waals surface area contributed by atoms with Gasteiger partial charge in [-0.2, -0.15) is 0 Å². The maximum Gasteiger partial charge on any atom is 0.243 e. The topological polar surface area (TPSA) is 98.0 Å². The van der Waals surface area contributed by atoms with Crippen LogP contribution in [-0.4, -0.2) is 57.5 Å². The fourth-order valence-corrected chi connectivity index (χ4v) is 4.94. The first kappa shape index (κ1) is 24.2. The first-order chi connectivity index (χ1) is 17.5. The highest BCUT2D eigenvalue weighted by molar-refractivity contribution is 5.92. The molecule has 0 unspecified atom stereocenters. The lowest BCUT2D eigenvalue weighted by Crippen LogP contribution is -2.50. The number of carbonyl (C=O) groups excluding carboxylic acids is 1. The molecule has 1 amide bonds. The Balaban J connectivity index is 1.42. The van der Waals surface area contributed by atoms with Crippen LogP contribution < -0.4 is 16.0 Å². The largest absolute Gasteiger partial charge is 0.361 e. The molecule has 36 heavy (non-hydrogen) atoms. The van der Waals surface area contributed by atoms with E-state index < -0.39 is 6.04 Å². The third-order valence-electron chi connectivity index (χ3n) is 6.77. The molecular formula is C28H35N7O. The molecule has 2 bridgehead atoms. The van der Waals surface area contributed by atoms with Gasteiger partial charge in [-0.15, -0.1) is 0 Å². The van der Waals surface area contributed by atoms with Crippen molar-refractivity contribution < 1.29 is 4.79 Å². The van der Waals surface area contributed by atoms with Crippen LogP contribution in [0.5, 0.6) is 0 Å². The molecule has 0 radical (unpaired) electrons. The van der Waals surface area contributed by atoms with E-state index in [0.717, 1.165) is 42.6 Å². The van der Waals surface area contributed by atoms with Gasteiger partial charge < -0.3 is 20.9 Å². The summed E-state index contributed by atoms with van der Waals surface area (Å²) >= 11 is 0. The van der Waals surface area contributed by atoms with Gasteiger partial charge in [0.1, 0.15) is 17.7 Å². The fraction of sp³-hybridized carbons (Fsp3) is 0.393. The molecule has 188 valence electrons. The molecule has 3 heterocycles. The van der Waals surface area contributed by atoms with Gasteiger partial charge in [0.15, 0.2) is 0 Å². The van der Waals surface area contributed by atoms with Crippen molar-refractivity contribution in [2.45, 2.75) is 45.9 Å². The molecule has 8 heteroatoms. The Morgan fingerprint density at radius 1 is 1.03 bits per heavy atom. The highest BCUT2D eigenvalue weighted by Crippen LogP contribution is 2.23. The van der Waals surface area contributed by atoms with Gasteiger partial charge in [-0.25, -0.2) is 9.97 Å². The van der Waals surface area contributed by atoms with Crippen LogP contribution in [0, 0.1) is 5.92 Å². The smallest absolute Gasteiger partial charge is 0.243 e. The minimum Gasteiger partial charge on any atom is -0.361 e. The number of nitrogens with one attached hydrogen (secondary N) is 4. The number of aromatic nitrogens is 3. The Bertz CT molecular complexity index is 1350. The molecule has 0 saturated heterocycles. The monoisotopic (exact) mass is 485 g/mol. The van der Waals surface area contributed by atoms with E-state index in [1.807, 2.05) is 30.3 Å². The number of hydrogen-bond donors (Lipinski definition) is 4. The Kier molecular flexibility index (Phi) is 7.16. The van der Waals surface area contributed by atoms with Gasteiger partial charge >= 0.3 is 0 Å². The molecule has 1 aliphatic rings. The lowest BCUT2D eigenvalue weighted by molar-refractivity contribution is -0.123. The van der Waals surface area contributed by atoms with Gasteiger partial charge in [0.25, 0.3) is 0 Å². The van der Waals surface area contributed by atoms with Gasteiger partial charge in [-0.3, -0.25) is 9.69 Å². The van der Waals surface area contributed by atoms with E-state index in [1.54, 1.807) is 0 Å². The zero-order valence-electron chi connectivity index (χ0n) is 21.2. The Morgan fingerprint density at radius 2 is 1.81 bits per heavy atom. The van der Waals surface area contributed by atoms with E-state index in [4.69, 9.17) is 9.97 Å². The lowest BCUT2D eigenvalue weighted by atomic mass is 10.0. The number of fused-ring (bicyclic) bond motifs is 5. The van der Waals surface area contributed by atoms with Crippen molar-refractivity contribution in [3.8, 4) is 0 Å². The van der Waals surface area contributed by atoms with Crippen molar-refractivity contribution in [2.75, 3.05) is 25.0 Å². The summed E-state index contributed by atoms with van der Waals surface area (Å²) in [5.41, 5.74) is 3.27. The number of hydrogen-bond acceptors (Lipinski definition) is 6. The summed E-state index contributed by atoms with van der Waals surface area (Å²) in [5, 5.41) is 12.4. The molecule has 2 aromatic carbocycles. The zero-order chi connectivity index (χ0) is 25.1. The maximum atomic E-state index is 13.4. The van der Waals surface area contributed by atoms with Gasteiger partial charge in [0.05, 0.1) is 12.1 Å². The first-order valence-corrected chi connectivity index (χ1v) is 12.8. The Labute approximate surface area is 211 Å². The van der Waals surface area contributed by atoms with Crippen LogP contribution in [0.25, 0.3) is 21.8 Å². The number of H-pyrrole nitrogens is 1. The minimum absolute atomic E-state index is 0.00796. The minimum atomic E-state index is -0.406. The van der Waals surface area contributed by atoms with E-state index in [0.29, 0.717) is 18.2 Å². The summed E-state index contributed by atoms with van der Waals surface area (Å²) in [5.74, 6) is 1.50. The zero-order valence-corrected chi connectivity index (χ0v) is 21.2. The van der Waals surface area contributed by atoms with E-state index >= 15 is 0 Å². The maximum absolute atomic E-state index is 13.4. The van der Waals surface area contributed by atoms with Gasteiger partial charge in [0, 0.05) is 54.7 Å². The number of para-hydroxylation sites is 2. The highest BCUT2D eigenvalue weighted by Gasteiger charge is 2.26. The van der Waals surface area contributed by atoms with Crippen molar-refractivity contribution in [1.29, 1.82) is 0 Å². The van der Waals surface area contributed by atoms with Crippen molar-refractivity contribution in [3.63, 3.8) is 0 Å². The molecule has 0 spiro atoms. The third-order valence-corrected chi connectivity index (χ3v) is 6.77. The van der Waals surface area contributed by atoms with Gasteiger partial charge in [-0.05, 0) is 36.6 Å². The molecular weight excluding hydrogens is 450 g/mol. The van der Waals surface area contributed by atoms with E-state index in [9.17, 15) is 4.79 Å². The first-order valence-electron chi connectivity index (χ1n) is 12.8. The van der Waals surface area contributed by atoms with Crippen LogP contribution in [-0.2, 0) is 17.9 Å². The number of rotatable bonds is 3. The van der Waals surface area contributed by atoms with Gasteiger partial charge in [0.2, 0.25) is 5.91 Å². The standard InChI is InChI=1S/C28H35N7O/c1-18(2)26-28(36)31-19(3)16-35(17-20-14-30-23-10-6-4-8-21(20)23)13-12-29-15-25-32-24-11-7-5-9-22(24)27(33-25)34-26/h4-11,14,18-19,26,29-30H,12-13,15-17H2,1-3H3,(H,31,36)(H,32,33,34)/t19-,26+/m1/s1. The van der Waals surface area contributed by atoms with Crippen LogP contribution in [0.15, 0.2) is 54.7 Å². The Hall–Kier alpha value is -3.49.